The number of benzene rings is 1. The summed E-state index contributed by atoms with van der Waals surface area (Å²) in [5.74, 6) is 0.537. The summed E-state index contributed by atoms with van der Waals surface area (Å²) in [4.78, 5) is 11.5. The van der Waals surface area contributed by atoms with E-state index in [0.29, 0.717) is 24.3 Å². The van der Waals surface area contributed by atoms with Crippen LogP contribution in [-0.2, 0) is 10.2 Å². The molecule has 0 unspecified atom stereocenters. The molecule has 2 aliphatic carbocycles. The second kappa shape index (κ2) is 4.95. The van der Waals surface area contributed by atoms with Crippen molar-refractivity contribution < 1.29 is 19.4 Å². The standard InChI is InChI=1S/C15H17BrO4/c1-19-12-8-11(16)10(15(5-6-15)14(17)18)7-13(12)20-9-3-2-4-9/h7-9H,2-6H2,1H3,(H,17,18). The molecule has 0 amide bonds. The molecule has 0 aliphatic heterocycles. The van der Waals surface area contributed by atoms with E-state index in [0.717, 1.165) is 22.9 Å². The molecular weight excluding hydrogens is 324 g/mol. The maximum atomic E-state index is 11.5. The first-order valence-corrected chi connectivity index (χ1v) is 7.64. The summed E-state index contributed by atoms with van der Waals surface area (Å²) in [6.45, 7) is 0. The van der Waals surface area contributed by atoms with Gasteiger partial charge in [-0.05, 0) is 49.8 Å². The Hall–Kier alpha value is -1.23. The van der Waals surface area contributed by atoms with Gasteiger partial charge in [0.05, 0.1) is 18.6 Å². The number of aliphatic carboxylic acids is 1. The number of methoxy groups -OCH3 is 1. The van der Waals surface area contributed by atoms with E-state index in [1.54, 1.807) is 7.11 Å². The van der Waals surface area contributed by atoms with Crippen LogP contribution in [0.3, 0.4) is 0 Å². The molecule has 2 aliphatic rings. The fourth-order valence-corrected chi connectivity index (χ4v) is 3.25. The van der Waals surface area contributed by atoms with Gasteiger partial charge in [-0.25, -0.2) is 0 Å². The van der Waals surface area contributed by atoms with Crippen molar-refractivity contribution >= 4 is 21.9 Å². The van der Waals surface area contributed by atoms with Gasteiger partial charge in [0.2, 0.25) is 0 Å². The van der Waals surface area contributed by atoms with Crippen LogP contribution in [0.25, 0.3) is 0 Å². The lowest BCUT2D eigenvalue weighted by Gasteiger charge is -2.28. The lowest BCUT2D eigenvalue weighted by atomic mass is 9.94. The van der Waals surface area contributed by atoms with Crippen molar-refractivity contribution in [1.29, 1.82) is 0 Å². The predicted molar refractivity (Wildman–Crippen MR) is 77.5 cm³/mol. The number of ether oxygens (including phenoxy) is 2. The molecule has 5 heteroatoms. The van der Waals surface area contributed by atoms with Crippen molar-refractivity contribution in [3.05, 3.63) is 22.2 Å². The van der Waals surface area contributed by atoms with Gasteiger partial charge < -0.3 is 14.6 Å². The third-order valence-electron chi connectivity index (χ3n) is 4.27. The second-order valence-electron chi connectivity index (χ2n) is 5.54. The van der Waals surface area contributed by atoms with Crippen molar-refractivity contribution in [3.8, 4) is 11.5 Å². The minimum absolute atomic E-state index is 0.234. The minimum Gasteiger partial charge on any atom is -0.493 e. The summed E-state index contributed by atoms with van der Waals surface area (Å²) in [6.07, 6.45) is 4.89. The summed E-state index contributed by atoms with van der Waals surface area (Å²) < 4.78 is 12.0. The molecule has 20 heavy (non-hydrogen) atoms. The third kappa shape index (κ3) is 2.18. The topological polar surface area (TPSA) is 55.8 Å². The number of carboxylic acids is 1. The maximum Gasteiger partial charge on any atom is 0.314 e. The zero-order valence-corrected chi connectivity index (χ0v) is 12.9. The van der Waals surface area contributed by atoms with Gasteiger partial charge in [0, 0.05) is 4.47 Å². The lowest BCUT2D eigenvalue weighted by Crippen LogP contribution is -2.25. The molecule has 0 atom stereocenters. The fraction of sp³-hybridized carbons (Fsp3) is 0.533. The van der Waals surface area contributed by atoms with E-state index in [1.807, 2.05) is 12.1 Å². The van der Waals surface area contributed by atoms with Crippen LogP contribution in [-0.4, -0.2) is 24.3 Å². The number of halogens is 1. The Balaban J connectivity index is 1.98. The average molecular weight is 341 g/mol. The van der Waals surface area contributed by atoms with Gasteiger partial charge in [0.1, 0.15) is 0 Å². The third-order valence-corrected chi connectivity index (χ3v) is 4.93. The van der Waals surface area contributed by atoms with Gasteiger partial charge in [-0.15, -0.1) is 0 Å². The first-order valence-electron chi connectivity index (χ1n) is 6.85. The Morgan fingerprint density at radius 3 is 2.50 bits per heavy atom. The molecule has 1 aromatic carbocycles. The molecule has 0 bridgehead atoms. The smallest absolute Gasteiger partial charge is 0.314 e. The number of carboxylic acid groups (broad SMARTS) is 1. The highest BCUT2D eigenvalue weighted by atomic mass is 79.9. The van der Waals surface area contributed by atoms with Crippen LogP contribution in [0.2, 0.25) is 0 Å². The molecule has 0 radical (unpaired) electrons. The summed E-state index contributed by atoms with van der Waals surface area (Å²) in [5.41, 5.74) is 0.0446. The molecule has 108 valence electrons. The Kier molecular flexibility index (Phi) is 3.40. The van der Waals surface area contributed by atoms with E-state index in [1.165, 1.54) is 6.42 Å². The maximum absolute atomic E-state index is 11.5. The monoisotopic (exact) mass is 340 g/mol. The number of carbonyl (C=O) groups is 1. The lowest BCUT2D eigenvalue weighted by molar-refractivity contribution is -0.140. The summed E-state index contributed by atoms with van der Waals surface area (Å²) in [7, 11) is 1.60. The highest BCUT2D eigenvalue weighted by Gasteiger charge is 2.53. The highest BCUT2D eigenvalue weighted by Crippen LogP contribution is 2.53. The molecule has 3 rings (SSSR count). The quantitative estimate of drug-likeness (QED) is 0.891. The molecule has 2 saturated carbocycles. The van der Waals surface area contributed by atoms with Crippen LogP contribution in [0.15, 0.2) is 16.6 Å². The Morgan fingerprint density at radius 2 is 2.05 bits per heavy atom. The SMILES string of the molecule is COc1cc(Br)c(C2(C(=O)O)CC2)cc1OC1CCC1. The van der Waals surface area contributed by atoms with Crippen molar-refractivity contribution in [2.75, 3.05) is 7.11 Å². The van der Waals surface area contributed by atoms with Crippen LogP contribution in [0.1, 0.15) is 37.7 Å². The van der Waals surface area contributed by atoms with E-state index in [-0.39, 0.29) is 6.10 Å². The summed E-state index contributed by atoms with van der Waals surface area (Å²) >= 11 is 3.46. The van der Waals surface area contributed by atoms with Crippen LogP contribution in [0.4, 0.5) is 0 Å². The van der Waals surface area contributed by atoms with E-state index >= 15 is 0 Å². The van der Waals surface area contributed by atoms with E-state index in [2.05, 4.69) is 15.9 Å². The first-order chi connectivity index (χ1) is 9.56. The van der Waals surface area contributed by atoms with Gasteiger partial charge in [0.25, 0.3) is 0 Å². The average Bonchev–Trinajstić information content (AvgIpc) is 3.16. The first kappa shape index (κ1) is 13.7. The van der Waals surface area contributed by atoms with E-state index in [4.69, 9.17) is 9.47 Å². The summed E-state index contributed by atoms with van der Waals surface area (Å²) in [5, 5.41) is 9.45. The molecule has 0 spiro atoms. The fourth-order valence-electron chi connectivity index (χ4n) is 2.55. The predicted octanol–water partition coefficient (Wildman–Crippen LogP) is 3.51. The molecule has 1 aromatic rings. The van der Waals surface area contributed by atoms with Crippen molar-refractivity contribution in [2.45, 2.75) is 43.6 Å². The molecule has 1 N–H and O–H groups in total. The normalized spacial score (nSPS) is 20.1. The summed E-state index contributed by atoms with van der Waals surface area (Å²) in [6, 6.07) is 3.65. The molecular formula is C15H17BrO4. The Bertz CT molecular complexity index is 547. The molecule has 4 nitrogen and oxygen atoms in total. The molecule has 0 heterocycles. The Morgan fingerprint density at radius 1 is 1.35 bits per heavy atom. The van der Waals surface area contributed by atoms with E-state index < -0.39 is 11.4 Å². The van der Waals surface area contributed by atoms with Gasteiger partial charge in [0.15, 0.2) is 11.5 Å². The van der Waals surface area contributed by atoms with Crippen molar-refractivity contribution in [3.63, 3.8) is 0 Å². The Labute approximate surface area is 126 Å². The van der Waals surface area contributed by atoms with Gasteiger partial charge in [-0.1, -0.05) is 15.9 Å². The minimum atomic E-state index is -0.766. The van der Waals surface area contributed by atoms with Gasteiger partial charge >= 0.3 is 5.97 Å². The van der Waals surface area contributed by atoms with Gasteiger partial charge in [-0.2, -0.15) is 0 Å². The number of hydrogen-bond donors (Lipinski definition) is 1. The zero-order valence-electron chi connectivity index (χ0n) is 11.3. The van der Waals surface area contributed by atoms with Crippen LogP contribution >= 0.6 is 15.9 Å². The largest absolute Gasteiger partial charge is 0.493 e. The number of hydrogen-bond acceptors (Lipinski definition) is 3. The van der Waals surface area contributed by atoms with Gasteiger partial charge in [-0.3, -0.25) is 4.79 Å². The highest BCUT2D eigenvalue weighted by molar-refractivity contribution is 9.10. The van der Waals surface area contributed by atoms with Crippen LogP contribution in [0, 0.1) is 0 Å². The van der Waals surface area contributed by atoms with E-state index in [9.17, 15) is 9.90 Å². The number of rotatable bonds is 5. The van der Waals surface area contributed by atoms with Crippen LogP contribution in [0.5, 0.6) is 11.5 Å². The van der Waals surface area contributed by atoms with Crippen molar-refractivity contribution in [1.82, 2.24) is 0 Å². The van der Waals surface area contributed by atoms with Crippen molar-refractivity contribution in [2.24, 2.45) is 0 Å². The van der Waals surface area contributed by atoms with Crippen LogP contribution < -0.4 is 9.47 Å². The molecule has 2 fully saturated rings. The molecule has 0 saturated heterocycles. The second-order valence-corrected chi connectivity index (χ2v) is 6.40. The zero-order chi connectivity index (χ0) is 14.3. The molecule has 0 aromatic heterocycles.